The highest BCUT2D eigenvalue weighted by molar-refractivity contribution is 7.91. The van der Waals surface area contributed by atoms with E-state index in [1.807, 2.05) is 0 Å². The first-order valence-corrected chi connectivity index (χ1v) is 11.9. The van der Waals surface area contributed by atoms with Crippen LogP contribution < -0.4 is 15.2 Å². The Morgan fingerprint density at radius 2 is 2.09 bits per heavy atom. The molecule has 0 bridgehead atoms. The van der Waals surface area contributed by atoms with Crippen molar-refractivity contribution in [2.75, 3.05) is 18.5 Å². The molecule has 9 nitrogen and oxygen atoms in total. The van der Waals surface area contributed by atoms with E-state index >= 15 is 0 Å². The summed E-state index contributed by atoms with van der Waals surface area (Å²) < 4.78 is 44.0. The molecule has 1 aliphatic heterocycles. The summed E-state index contributed by atoms with van der Waals surface area (Å²) in [6.07, 6.45) is 9.66. The van der Waals surface area contributed by atoms with Gasteiger partial charge in [-0.15, -0.1) is 10.8 Å². The standard InChI is InChI=1S/C21H22FN5O4S/c1-2-8-30-12-10-27-20(31-11-12)17(9-24-27)32(23,29)26-21(28)25-19-15-5-3-4-13(15)18(22)14-6-7-16(14)19/h1,9,12H,3-8,10-11H2,(H3,23,25,26,28,29). The van der Waals surface area contributed by atoms with Crippen molar-refractivity contribution in [1.82, 2.24) is 9.78 Å². The molecule has 1 aromatic heterocycles. The highest BCUT2D eigenvalue weighted by atomic mass is 32.2. The molecule has 0 saturated carbocycles. The van der Waals surface area contributed by atoms with Gasteiger partial charge in [-0.25, -0.2) is 23.2 Å². The number of benzene rings is 1. The van der Waals surface area contributed by atoms with Gasteiger partial charge in [-0.2, -0.15) is 5.10 Å². The zero-order chi connectivity index (χ0) is 22.5. The Morgan fingerprint density at radius 1 is 1.38 bits per heavy atom. The average Bonchev–Trinajstić information content (AvgIpc) is 3.37. The Kier molecular flexibility index (Phi) is 5.16. The lowest BCUT2D eigenvalue weighted by molar-refractivity contribution is 0.00163. The Bertz CT molecular complexity index is 1290. The van der Waals surface area contributed by atoms with Crippen molar-refractivity contribution in [1.29, 1.82) is 0 Å². The van der Waals surface area contributed by atoms with Gasteiger partial charge in [0, 0.05) is 5.69 Å². The maximum absolute atomic E-state index is 14.6. The summed E-state index contributed by atoms with van der Waals surface area (Å²) in [7, 11) is -3.63. The summed E-state index contributed by atoms with van der Waals surface area (Å²) in [5.41, 5.74) is 3.49. The third kappa shape index (κ3) is 3.44. The van der Waals surface area contributed by atoms with Gasteiger partial charge in [0.1, 0.15) is 30.0 Å². The van der Waals surface area contributed by atoms with E-state index in [2.05, 4.69) is 20.7 Å². The third-order valence-corrected chi connectivity index (χ3v) is 7.40. The molecule has 2 amide bonds. The summed E-state index contributed by atoms with van der Waals surface area (Å²) in [5, 5.41) is 12.8. The van der Waals surface area contributed by atoms with Gasteiger partial charge in [-0.05, 0) is 54.4 Å². The number of urea groups is 1. The fourth-order valence-corrected chi connectivity index (χ4v) is 5.49. The maximum Gasteiger partial charge on any atom is 0.354 e. The van der Waals surface area contributed by atoms with Gasteiger partial charge in [0.15, 0.2) is 9.92 Å². The van der Waals surface area contributed by atoms with Crippen LogP contribution in [0.4, 0.5) is 14.9 Å². The largest absolute Gasteiger partial charge is 0.474 e. The predicted octanol–water partition coefficient (Wildman–Crippen LogP) is 1.95. The molecule has 0 spiro atoms. The number of carbonyl (C=O) groups excluding carboxylic acids is 1. The molecule has 2 aliphatic carbocycles. The minimum absolute atomic E-state index is 0.0281. The van der Waals surface area contributed by atoms with Crippen LogP contribution >= 0.6 is 0 Å². The molecule has 5 rings (SSSR count). The lowest BCUT2D eigenvalue weighted by Crippen LogP contribution is -2.33. The number of rotatable bonds is 4. The normalized spacial score (nSPS) is 20.0. The molecule has 1 aromatic carbocycles. The van der Waals surface area contributed by atoms with Crippen molar-refractivity contribution >= 4 is 21.6 Å². The molecule has 11 heteroatoms. The number of hydrogen-bond donors (Lipinski definition) is 2. The number of carbonyl (C=O) groups is 1. The second kappa shape index (κ2) is 7.88. The van der Waals surface area contributed by atoms with E-state index in [-0.39, 0.29) is 35.9 Å². The fourth-order valence-electron chi connectivity index (χ4n) is 4.49. The SMILES string of the molecule is C#CCOC1COc2c(S(N)(=O)=NC(=O)Nc3c4c(c(F)c5c3CC5)CCC4)cnn2C1. The van der Waals surface area contributed by atoms with Crippen molar-refractivity contribution < 1.29 is 22.9 Å². The topological polar surface area (TPSA) is 121 Å². The van der Waals surface area contributed by atoms with Crippen LogP contribution in [0, 0.1) is 18.2 Å². The van der Waals surface area contributed by atoms with Crippen LogP contribution in [0.5, 0.6) is 5.88 Å². The number of ether oxygens (including phenoxy) is 2. The van der Waals surface area contributed by atoms with Crippen LogP contribution in [-0.2, 0) is 46.9 Å². The monoisotopic (exact) mass is 459 g/mol. The van der Waals surface area contributed by atoms with E-state index in [0.29, 0.717) is 49.0 Å². The Hall–Kier alpha value is -2.94. The van der Waals surface area contributed by atoms with Crippen molar-refractivity contribution in [3.05, 3.63) is 34.3 Å². The number of terminal acetylenes is 1. The number of amides is 2. The average molecular weight is 460 g/mol. The second-order valence-electron chi connectivity index (χ2n) is 7.99. The van der Waals surface area contributed by atoms with Gasteiger partial charge < -0.3 is 14.8 Å². The molecule has 2 atom stereocenters. The summed E-state index contributed by atoms with van der Waals surface area (Å²) in [4.78, 5) is 12.7. The Morgan fingerprint density at radius 3 is 2.84 bits per heavy atom. The van der Waals surface area contributed by atoms with E-state index in [1.54, 1.807) is 0 Å². The molecule has 2 heterocycles. The first-order valence-electron chi connectivity index (χ1n) is 10.3. The van der Waals surface area contributed by atoms with Crippen LogP contribution in [-0.4, -0.2) is 39.3 Å². The number of nitrogens with two attached hydrogens (primary N) is 1. The van der Waals surface area contributed by atoms with Crippen molar-refractivity contribution in [3.63, 3.8) is 0 Å². The molecule has 3 N–H and O–H groups in total. The van der Waals surface area contributed by atoms with Gasteiger partial charge >= 0.3 is 6.03 Å². The molecule has 32 heavy (non-hydrogen) atoms. The molecule has 2 unspecified atom stereocenters. The number of anilines is 1. The van der Waals surface area contributed by atoms with Crippen LogP contribution in [0.1, 0.15) is 28.7 Å². The predicted molar refractivity (Wildman–Crippen MR) is 114 cm³/mol. The summed E-state index contributed by atoms with van der Waals surface area (Å²) in [5.74, 6) is 2.42. The molecular weight excluding hydrogens is 437 g/mol. The van der Waals surface area contributed by atoms with E-state index in [1.165, 1.54) is 10.9 Å². The molecule has 0 fully saturated rings. The van der Waals surface area contributed by atoms with Crippen molar-refractivity contribution in [2.24, 2.45) is 9.50 Å². The van der Waals surface area contributed by atoms with Crippen molar-refractivity contribution in [2.45, 2.75) is 49.6 Å². The molecular formula is C21H22FN5O4S. The molecule has 0 radical (unpaired) electrons. The van der Waals surface area contributed by atoms with E-state index in [0.717, 1.165) is 17.5 Å². The summed E-state index contributed by atoms with van der Waals surface area (Å²) in [6.45, 7) is 0.653. The van der Waals surface area contributed by atoms with E-state index in [4.69, 9.17) is 21.0 Å². The number of halogens is 1. The zero-order valence-corrected chi connectivity index (χ0v) is 18.0. The van der Waals surface area contributed by atoms with Gasteiger partial charge in [0.2, 0.25) is 5.88 Å². The van der Waals surface area contributed by atoms with Gasteiger partial charge in [0.05, 0.1) is 12.7 Å². The number of nitrogens with one attached hydrogen (secondary N) is 1. The van der Waals surface area contributed by atoms with Crippen LogP contribution in [0.25, 0.3) is 0 Å². The first kappa shape index (κ1) is 20.9. The molecule has 2 aromatic rings. The minimum Gasteiger partial charge on any atom is -0.474 e. The van der Waals surface area contributed by atoms with Gasteiger partial charge in [-0.3, -0.25) is 0 Å². The number of hydrogen-bond acceptors (Lipinski definition) is 5. The maximum atomic E-state index is 14.6. The Balaban J connectivity index is 1.40. The smallest absolute Gasteiger partial charge is 0.354 e. The quantitative estimate of drug-likeness (QED) is 0.677. The molecule has 168 valence electrons. The highest BCUT2D eigenvalue weighted by Gasteiger charge is 2.32. The number of nitrogens with zero attached hydrogens (tertiary/aromatic N) is 3. The summed E-state index contributed by atoms with van der Waals surface area (Å²) in [6, 6.07) is -0.849. The van der Waals surface area contributed by atoms with Crippen LogP contribution in [0.15, 0.2) is 15.5 Å². The molecule has 3 aliphatic rings. The highest BCUT2D eigenvalue weighted by Crippen LogP contribution is 2.42. The lowest BCUT2D eigenvalue weighted by atomic mass is 9.83. The van der Waals surface area contributed by atoms with Gasteiger partial charge in [-0.1, -0.05) is 5.92 Å². The lowest BCUT2D eigenvalue weighted by Gasteiger charge is -2.26. The van der Waals surface area contributed by atoms with Crippen molar-refractivity contribution in [3.8, 4) is 18.2 Å². The summed E-state index contributed by atoms with van der Waals surface area (Å²) >= 11 is 0. The second-order valence-corrected chi connectivity index (χ2v) is 9.75. The fraction of sp³-hybridized carbons (Fsp3) is 0.429. The third-order valence-electron chi connectivity index (χ3n) is 6.05. The Labute approximate surface area is 184 Å². The van der Waals surface area contributed by atoms with Gasteiger partial charge in [0.25, 0.3) is 0 Å². The minimum atomic E-state index is -3.63. The zero-order valence-electron chi connectivity index (χ0n) is 17.2. The first-order chi connectivity index (χ1) is 15.4. The number of aromatic nitrogens is 2. The van der Waals surface area contributed by atoms with Crippen LogP contribution in [0.3, 0.4) is 0 Å². The number of fused-ring (bicyclic) bond motifs is 3. The van der Waals surface area contributed by atoms with E-state index in [9.17, 15) is 13.4 Å². The van der Waals surface area contributed by atoms with E-state index < -0.39 is 15.9 Å². The van der Waals surface area contributed by atoms with Crippen LogP contribution in [0.2, 0.25) is 0 Å². The molecule has 0 saturated heterocycles.